The first kappa shape index (κ1) is 19.8. The van der Waals surface area contributed by atoms with E-state index in [9.17, 15) is 22.8 Å². The van der Waals surface area contributed by atoms with Crippen molar-refractivity contribution < 1.29 is 22.8 Å². The summed E-state index contributed by atoms with van der Waals surface area (Å²) in [7, 11) is 0. The molecule has 26 heavy (non-hydrogen) atoms. The normalized spacial score (nSPS) is 12.2. The summed E-state index contributed by atoms with van der Waals surface area (Å²) in [5.41, 5.74) is -0.915. The van der Waals surface area contributed by atoms with Crippen LogP contribution in [0.4, 0.5) is 18.9 Å². The minimum Gasteiger partial charge on any atom is -0.324 e. The molecule has 0 bridgehead atoms. The van der Waals surface area contributed by atoms with Gasteiger partial charge in [-0.2, -0.15) is 18.4 Å². The van der Waals surface area contributed by atoms with E-state index >= 15 is 0 Å². The second-order valence-corrected chi connectivity index (χ2v) is 5.93. The Morgan fingerprint density at radius 1 is 1.04 bits per heavy atom. The number of carbonyl (C=O) groups excluding carboxylic acids is 2. The van der Waals surface area contributed by atoms with Crippen molar-refractivity contribution in [2.24, 2.45) is 5.92 Å². The molecule has 0 saturated carbocycles. The Hall–Kier alpha value is -2.56. The van der Waals surface area contributed by atoms with E-state index in [1.165, 1.54) is 18.2 Å². The summed E-state index contributed by atoms with van der Waals surface area (Å²) < 4.78 is 37.7. The van der Waals surface area contributed by atoms with Gasteiger partial charge in [-0.05, 0) is 30.3 Å². The Balaban J connectivity index is 2.18. The van der Waals surface area contributed by atoms with Gasteiger partial charge < -0.3 is 5.32 Å². The van der Waals surface area contributed by atoms with Gasteiger partial charge in [0.05, 0.1) is 21.7 Å². The van der Waals surface area contributed by atoms with Crippen LogP contribution in [0.25, 0.3) is 0 Å². The number of nitrogens with one attached hydrogen (secondary N) is 1. The summed E-state index contributed by atoms with van der Waals surface area (Å²) in [6.45, 7) is 0. The number of nitriles is 1. The molecule has 1 atom stereocenters. The predicted molar refractivity (Wildman–Crippen MR) is 90.0 cm³/mol. The number of hydrogen-bond donors (Lipinski definition) is 1. The lowest BCUT2D eigenvalue weighted by molar-refractivity contribution is -0.137. The zero-order valence-electron chi connectivity index (χ0n) is 12.8. The fraction of sp³-hybridized carbons (Fsp3) is 0.118. The molecule has 0 radical (unpaired) electrons. The molecule has 0 aliphatic heterocycles. The molecule has 1 N–H and O–H groups in total. The average molecular weight is 401 g/mol. The maximum absolute atomic E-state index is 12.6. The van der Waals surface area contributed by atoms with Gasteiger partial charge in [0.15, 0.2) is 11.7 Å². The number of benzene rings is 2. The predicted octanol–water partition coefficient (Wildman–Crippen LogP) is 4.97. The highest BCUT2D eigenvalue weighted by Crippen LogP contribution is 2.29. The quantitative estimate of drug-likeness (QED) is 0.581. The van der Waals surface area contributed by atoms with Gasteiger partial charge in [-0.1, -0.05) is 35.3 Å². The van der Waals surface area contributed by atoms with Gasteiger partial charge in [0.1, 0.15) is 0 Å². The zero-order chi connectivity index (χ0) is 19.5. The van der Waals surface area contributed by atoms with Crippen molar-refractivity contribution in [1.29, 1.82) is 5.26 Å². The van der Waals surface area contributed by atoms with E-state index in [0.29, 0.717) is 12.1 Å². The summed E-state index contributed by atoms with van der Waals surface area (Å²) in [4.78, 5) is 24.4. The summed E-state index contributed by atoms with van der Waals surface area (Å²) in [6.07, 6.45) is -4.55. The second-order valence-electron chi connectivity index (χ2n) is 5.12. The van der Waals surface area contributed by atoms with Gasteiger partial charge in [0.25, 0.3) is 0 Å². The Labute approximate surface area is 156 Å². The molecule has 0 saturated heterocycles. The Morgan fingerprint density at radius 2 is 1.65 bits per heavy atom. The van der Waals surface area contributed by atoms with Gasteiger partial charge in [-0.3, -0.25) is 9.59 Å². The van der Waals surface area contributed by atoms with Crippen LogP contribution in [0.5, 0.6) is 0 Å². The molecule has 1 amide bonds. The summed E-state index contributed by atoms with van der Waals surface area (Å²) in [6, 6.07) is 8.97. The first-order valence-electron chi connectivity index (χ1n) is 7.00. The third-order valence-electron chi connectivity index (χ3n) is 3.34. The number of anilines is 1. The van der Waals surface area contributed by atoms with Crippen molar-refractivity contribution in [3.05, 3.63) is 63.6 Å². The monoisotopic (exact) mass is 400 g/mol. The van der Waals surface area contributed by atoms with Crippen LogP contribution in [-0.2, 0) is 11.0 Å². The van der Waals surface area contributed by atoms with Crippen LogP contribution in [0, 0.1) is 17.2 Å². The number of ketones is 1. The van der Waals surface area contributed by atoms with Crippen LogP contribution in [0.15, 0.2) is 42.5 Å². The van der Waals surface area contributed by atoms with E-state index in [4.69, 9.17) is 28.5 Å². The summed E-state index contributed by atoms with van der Waals surface area (Å²) >= 11 is 11.6. The summed E-state index contributed by atoms with van der Waals surface area (Å²) in [5, 5.41) is 11.9. The van der Waals surface area contributed by atoms with E-state index in [1.807, 2.05) is 0 Å². The van der Waals surface area contributed by atoms with Crippen LogP contribution in [0.3, 0.4) is 0 Å². The van der Waals surface area contributed by atoms with Crippen molar-refractivity contribution in [2.75, 3.05) is 5.32 Å². The number of Topliss-reactive ketones (excluding diaryl/α,β-unsaturated/α-hetero) is 1. The van der Waals surface area contributed by atoms with E-state index in [2.05, 4.69) is 5.32 Å². The zero-order valence-corrected chi connectivity index (χ0v) is 14.3. The summed E-state index contributed by atoms with van der Waals surface area (Å²) in [5.74, 6) is -3.59. The molecule has 9 heteroatoms. The lowest BCUT2D eigenvalue weighted by Gasteiger charge is -2.11. The van der Waals surface area contributed by atoms with Crippen molar-refractivity contribution in [1.82, 2.24) is 0 Å². The van der Waals surface area contributed by atoms with Crippen molar-refractivity contribution >= 4 is 40.6 Å². The fourth-order valence-electron chi connectivity index (χ4n) is 2.01. The topological polar surface area (TPSA) is 70.0 Å². The molecule has 0 aliphatic carbocycles. The minimum absolute atomic E-state index is 0.159. The largest absolute Gasteiger partial charge is 0.416 e. The molecule has 0 spiro atoms. The van der Waals surface area contributed by atoms with Gasteiger partial charge in [-0.15, -0.1) is 0 Å². The van der Waals surface area contributed by atoms with Crippen molar-refractivity contribution in [3.8, 4) is 6.07 Å². The van der Waals surface area contributed by atoms with E-state index in [-0.39, 0.29) is 21.3 Å². The van der Waals surface area contributed by atoms with Gasteiger partial charge in [-0.25, -0.2) is 0 Å². The van der Waals surface area contributed by atoms with Gasteiger partial charge >= 0.3 is 6.18 Å². The molecule has 0 heterocycles. The molecule has 0 fully saturated rings. The SMILES string of the molecule is N#CC(C(=O)Nc1ccc(Cl)c(Cl)c1)C(=O)c1ccc(C(F)(F)F)cc1. The third-order valence-corrected chi connectivity index (χ3v) is 4.08. The smallest absolute Gasteiger partial charge is 0.324 e. The molecule has 2 aromatic rings. The highest BCUT2D eigenvalue weighted by molar-refractivity contribution is 6.42. The third kappa shape index (κ3) is 4.54. The molecule has 134 valence electrons. The molecular weight excluding hydrogens is 392 g/mol. The van der Waals surface area contributed by atoms with Crippen molar-refractivity contribution in [2.45, 2.75) is 6.18 Å². The lowest BCUT2D eigenvalue weighted by atomic mass is 9.97. The first-order valence-corrected chi connectivity index (χ1v) is 7.76. The van der Waals surface area contributed by atoms with E-state index < -0.39 is 29.3 Å². The van der Waals surface area contributed by atoms with Gasteiger partial charge in [0, 0.05) is 11.3 Å². The Kier molecular flexibility index (Phi) is 5.90. The Bertz CT molecular complexity index is 890. The van der Waals surface area contributed by atoms with Crippen molar-refractivity contribution in [3.63, 3.8) is 0 Å². The van der Waals surface area contributed by atoms with E-state index in [0.717, 1.165) is 12.1 Å². The van der Waals surface area contributed by atoms with Crippen LogP contribution in [0.2, 0.25) is 10.0 Å². The highest BCUT2D eigenvalue weighted by atomic mass is 35.5. The Morgan fingerprint density at radius 3 is 2.15 bits per heavy atom. The van der Waals surface area contributed by atoms with Crippen LogP contribution >= 0.6 is 23.2 Å². The van der Waals surface area contributed by atoms with Crippen LogP contribution < -0.4 is 5.32 Å². The van der Waals surface area contributed by atoms with Gasteiger partial charge in [0.2, 0.25) is 5.91 Å². The lowest BCUT2D eigenvalue weighted by Crippen LogP contribution is -2.28. The number of hydrogen-bond acceptors (Lipinski definition) is 3. The molecule has 2 aromatic carbocycles. The second kappa shape index (κ2) is 7.77. The first-order chi connectivity index (χ1) is 12.1. The highest BCUT2D eigenvalue weighted by Gasteiger charge is 2.32. The number of rotatable bonds is 4. The molecule has 0 aliphatic rings. The number of amides is 1. The minimum atomic E-state index is -4.55. The van der Waals surface area contributed by atoms with Crippen LogP contribution in [-0.4, -0.2) is 11.7 Å². The molecule has 0 aromatic heterocycles. The number of nitrogens with zero attached hydrogens (tertiary/aromatic N) is 1. The molecule has 4 nitrogen and oxygen atoms in total. The number of alkyl halides is 3. The molecular formula is C17H9Cl2F3N2O2. The standard InChI is InChI=1S/C17H9Cl2F3N2O2/c18-13-6-5-11(7-14(13)19)24-16(26)12(8-23)15(25)9-1-3-10(4-2-9)17(20,21)22/h1-7,12H,(H,24,26). The number of halogens is 5. The number of carbonyl (C=O) groups is 2. The van der Waals surface area contributed by atoms with Crippen LogP contribution in [0.1, 0.15) is 15.9 Å². The average Bonchev–Trinajstić information content (AvgIpc) is 2.58. The molecule has 1 unspecified atom stereocenters. The maximum Gasteiger partial charge on any atom is 0.416 e. The fourth-order valence-corrected chi connectivity index (χ4v) is 2.31. The maximum atomic E-state index is 12.6. The molecule has 2 rings (SSSR count). The van der Waals surface area contributed by atoms with E-state index in [1.54, 1.807) is 6.07 Å².